The number of aryl methyl sites for hydroxylation is 1. The average molecular weight is 486 g/mol. The predicted molar refractivity (Wildman–Crippen MR) is 137 cm³/mol. The Morgan fingerprint density at radius 3 is 2.41 bits per heavy atom. The van der Waals surface area contributed by atoms with Crippen LogP contribution in [0.15, 0.2) is 36.4 Å². The highest BCUT2D eigenvalue weighted by Crippen LogP contribution is 2.23. The molecule has 1 unspecified atom stereocenters. The summed E-state index contributed by atoms with van der Waals surface area (Å²) in [6.45, 7) is 9.78. The molecule has 8 nitrogen and oxygen atoms in total. The number of hydrogen-bond donors (Lipinski definition) is 1. The Morgan fingerprint density at radius 2 is 1.79 bits per heavy atom. The second kappa shape index (κ2) is 11.6. The first-order chi connectivity index (χ1) is 16.2. The number of carbonyl (C=O) groups is 2. The maximum atomic E-state index is 13.2. The van der Waals surface area contributed by atoms with Gasteiger partial charge in [0.2, 0.25) is 5.91 Å². The van der Waals surface area contributed by atoms with Crippen LogP contribution < -0.4 is 10.2 Å². The molecule has 1 N–H and O–H groups in total. The van der Waals surface area contributed by atoms with Crippen molar-refractivity contribution in [2.24, 2.45) is 0 Å². The third-order valence-corrected chi connectivity index (χ3v) is 6.05. The summed E-state index contributed by atoms with van der Waals surface area (Å²) in [6.07, 6.45) is 1.99. The summed E-state index contributed by atoms with van der Waals surface area (Å²) < 4.78 is 5.37. The van der Waals surface area contributed by atoms with E-state index in [4.69, 9.17) is 4.74 Å². The molecule has 0 spiro atoms. The quantitative estimate of drug-likeness (QED) is 0.639. The Morgan fingerprint density at radius 1 is 1.12 bits per heavy atom. The van der Waals surface area contributed by atoms with Crippen molar-refractivity contribution >= 4 is 29.6 Å². The van der Waals surface area contributed by atoms with E-state index < -0.39 is 17.7 Å². The molecule has 1 aliphatic rings. The van der Waals surface area contributed by atoms with Gasteiger partial charge in [-0.3, -0.25) is 4.79 Å². The number of amides is 2. The summed E-state index contributed by atoms with van der Waals surface area (Å²) in [6, 6.07) is 11.5. The standard InChI is InChI=1S/C25H35N5O3S/c1-18-26-21(19-9-7-6-8-10-19)17-22(27-18)29-12-14-30(15-13-29)23(31)20(11-16-34-5)28-24(32)33-25(2,3)4/h6-10,17,20H,11-16H2,1-5H3,(H,28,32). The van der Waals surface area contributed by atoms with E-state index >= 15 is 0 Å². The zero-order valence-electron chi connectivity index (χ0n) is 20.7. The summed E-state index contributed by atoms with van der Waals surface area (Å²) in [5.74, 6) is 2.29. The van der Waals surface area contributed by atoms with Gasteiger partial charge in [-0.15, -0.1) is 0 Å². The SMILES string of the molecule is CSCCC(NC(=O)OC(C)(C)C)C(=O)N1CCN(c2cc(-c3ccccc3)nc(C)n2)CC1. The van der Waals surface area contributed by atoms with Crippen molar-refractivity contribution in [3.8, 4) is 11.3 Å². The van der Waals surface area contributed by atoms with Gasteiger partial charge in [0, 0.05) is 37.8 Å². The van der Waals surface area contributed by atoms with E-state index in [0.29, 0.717) is 38.4 Å². The number of nitrogens with one attached hydrogen (secondary N) is 1. The molecule has 1 saturated heterocycles. The molecule has 0 bridgehead atoms. The molecule has 184 valence electrons. The summed E-state index contributed by atoms with van der Waals surface area (Å²) >= 11 is 1.65. The smallest absolute Gasteiger partial charge is 0.408 e. The van der Waals surface area contributed by atoms with Crippen LogP contribution in [-0.2, 0) is 9.53 Å². The fourth-order valence-electron chi connectivity index (χ4n) is 3.79. The van der Waals surface area contributed by atoms with Crippen molar-refractivity contribution in [2.75, 3.05) is 43.1 Å². The zero-order valence-corrected chi connectivity index (χ0v) is 21.5. The maximum Gasteiger partial charge on any atom is 0.408 e. The molecular formula is C25H35N5O3S. The number of nitrogens with zero attached hydrogens (tertiary/aromatic N) is 4. The lowest BCUT2D eigenvalue weighted by Crippen LogP contribution is -2.55. The van der Waals surface area contributed by atoms with Crippen molar-refractivity contribution in [1.29, 1.82) is 0 Å². The van der Waals surface area contributed by atoms with Crippen molar-refractivity contribution in [3.63, 3.8) is 0 Å². The first-order valence-corrected chi connectivity index (χ1v) is 13.0. The third-order valence-electron chi connectivity index (χ3n) is 5.41. The number of benzene rings is 1. The Balaban J connectivity index is 1.65. The van der Waals surface area contributed by atoms with Crippen LogP contribution >= 0.6 is 11.8 Å². The van der Waals surface area contributed by atoms with E-state index in [1.165, 1.54) is 0 Å². The van der Waals surface area contributed by atoms with Crippen LogP contribution in [0.4, 0.5) is 10.6 Å². The molecule has 1 aromatic carbocycles. The van der Waals surface area contributed by atoms with Crippen LogP contribution in [0.25, 0.3) is 11.3 Å². The molecule has 0 aliphatic carbocycles. The largest absolute Gasteiger partial charge is 0.444 e. The number of thioether (sulfide) groups is 1. The van der Waals surface area contributed by atoms with Gasteiger partial charge < -0.3 is 19.9 Å². The molecular weight excluding hydrogens is 450 g/mol. The average Bonchev–Trinajstić information content (AvgIpc) is 2.80. The zero-order chi connectivity index (χ0) is 24.7. The maximum absolute atomic E-state index is 13.2. The Hall–Kier alpha value is -2.81. The van der Waals surface area contributed by atoms with E-state index in [1.54, 1.807) is 11.8 Å². The minimum absolute atomic E-state index is 0.0663. The lowest BCUT2D eigenvalue weighted by Gasteiger charge is -2.37. The van der Waals surface area contributed by atoms with Crippen LogP contribution in [0.2, 0.25) is 0 Å². The minimum atomic E-state index is -0.614. The highest BCUT2D eigenvalue weighted by molar-refractivity contribution is 7.98. The first kappa shape index (κ1) is 25.8. The van der Waals surface area contributed by atoms with Crippen LogP contribution in [0, 0.1) is 6.92 Å². The van der Waals surface area contributed by atoms with Crippen molar-refractivity contribution in [2.45, 2.75) is 45.8 Å². The van der Waals surface area contributed by atoms with Gasteiger partial charge in [-0.25, -0.2) is 14.8 Å². The molecule has 0 saturated carbocycles. The number of rotatable bonds is 7. The molecule has 1 aromatic heterocycles. The summed E-state index contributed by atoms with van der Waals surface area (Å²) in [5, 5.41) is 2.78. The monoisotopic (exact) mass is 485 g/mol. The van der Waals surface area contributed by atoms with E-state index in [1.807, 2.05) is 75.2 Å². The number of carbonyl (C=O) groups excluding carboxylic acids is 2. The molecule has 2 heterocycles. The fourth-order valence-corrected chi connectivity index (χ4v) is 4.26. The minimum Gasteiger partial charge on any atom is -0.444 e. The van der Waals surface area contributed by atoms with Gasteiger partial charge in [-0.2, -0.15) is 11.8 Å². The molecule has 1 fully saturated rings. The molecule has 3 rings (SSSR count). The molecule has 1 aliphatic heterocycles. The van der Waals surface area contributed by atoms with E-state index in [-0.39, 0.29) is 5.91 Å². The normalized spacial score (nSPS) is 15.1. The van der Waals surface area contributed by atoms with Crippen LogP contribution in [-0.4, -0.2) is 76.7 Å². The Bertz CT molecular complexity index is 972. The van der Waals surface area contributed by atoms with Crippen molar-refractivity contribution in [1.82, 2.24) is 20.2 Å². The van der Waals surface area contributed by atoms with E-state index in [0.717, 1.165) is 22.8 Å². The summed E-state index contributed by atoms with van der Waals surface area (Å²) in [5.41, 5.74) is 1.32. The second-order valence-corrected chi connectivity index (χ2v) is 10.3. The van der Waals surface area contributed by atoms with Crippen LogP contribution in [0.1, 0.15) is 33.0 Å². The molecule has 2 aromatic rings. The lowest BCUT2D eigenvalue weighted by atomic mass is 10.1. The number of ether oxygens (including phenoxy) is 1. The van der Waals surface area contributed by atoms with E-state index in [9.17, 15) is 9.59 Å². The van der Waals surface area contributed by atoms with Crippen molar-refractivity contribution in [3.05, 3.63) is 42.2 Å². The summed E-state index contributed by atoms with van der Waals surface area (Å²) in [4.78, 5) is 38.8. The highest BCUT2D eigenvalue weighted by atomic mass is 32.2. The number of alkyl carbamates (subject to hydrolysis) is 1. The van der Waals surface area contributed by atoms with E-state index in [2.05, 4.69) is 20.2 Å². The second-order valence-electron chi connectivity index (χ2n) is 9.32. The predicted octanol–water partition coefficient (Wildman–Crippen LogP) is 3.75. The third kappa shape index (κ3) is 7.35. The van der Waals surface area contributed by atoms with Gasteiger partial charge in [0.25, 0.3) is 0 Å². The molecule has 34 heavy (non-hydrogen) atoms. The van der Waals surface area contributed by atoms with Crippen molar-refractivity contribution < 1.29 is 14.3 Å². The number of piperazine rings is 1. The molecule has 0 radical (unpaired) electrons. The lowest BCUT2D eigenvalue weighted by molar-refractivity contribution is -0.133. The fraction of sp³-hybridized carbons (Fsp3) is 0.520. The Labute approximate surface area is 206 Å². The van der Waals surface area contributed by atoms with Gasteiger partial charge in [0.05, 0.1) is 5.69 Å². The number of aromatic nitrogens is 2. The summed E-state index contributed by atoms with van der Waals surface area (Å²) in [7, 11) is 0. The molecule has 9 heteroatoms. The topological polar surface area (TPSA) is 87.7 Å². The highest BCUT2D eigenvalue weighted by Gasteiger charge is 2.30. The van der Waals surface area contributed by atoms with Gasteiger partial charge in [0.1, 0.15) is 23.3 Å². The first-order valence-electron chi connectivity index (χ1n) is 11.6. The van der Waals surface area contributed by atoms with Crippen LogP contribution in [0.5, 0.6) is 0 Å². The number of anilines is 1. The Kier molecular flexibility index (Phi) is 8.77. The number of hydrogen-bond acceptors (Lipinski definition) is 7. The molecule has 2 amide bonds. The van der Waals surface area contributed by atoms with Crippen LogP contribution in [0.3, 0.4) is 0 Å². The van der Waals surface area contributed by atoms with Gasteiger partial charge in [0.15, 0.2) is 0 Å². The van der Waals surface area contributed by atoms with Gasteiger partial charge >= 0.3 is 6.09 Å². The van der Waals surface area contributed by atoms with Gasteiger partial charge in [-0.1, -0.05) is 30.3 Å². The molecule has 1 atom stereocenters. The van der Waals surface area contributed by atoms with Gasteiger partial charge in [-0.05, 0) is 46.1 Å².